The molecule has 1 saturated heterocycles. The molecule has 1 heterocycles. The van der Waals surface area contributed by atoms with Crippen molar-refractivity contribution in [1.82, 2.24) is 5.32 Å². The van der Waals surface area contributed by atoms with Gasteiger partial charge in [0, 0.05) is 12.0 Å². The molecule has 1 rings (SSSR count). The summed E-state index contributed by atoms with van der Waals surface area (Å²) in [5.74, 6) is -0.116. The van der Waals surface area contributed by atoms with E-state index in [1.165, 1.54) is 0 Å². The first-order valence-electron chi connectivity index (χ1n) is 4.08. The van der Waals surface area contributed by atoms with E-state index in [9.17, 15) is 9.90 Å². The van der Waals surface area contributed by atoms with Crippen LogP contribution in [0.1, 0.15) is 20.3 Å². The van der Waals surface area contributed by atoms with E-state index >= 15 is 0 Å². The lowest BCUT2D eigenvalue weighted by molar-refractivity contribution is -0.132. The highest BCUT2D eigenvalue weighted by Crippen LogP contribution is 2.11. The minimum atomic E-state index is -0.788. The number of aliphatic hydroxyl groups is 1. The van der Waals surface area contributed by atoms with E-state index in [1.54, 1.807) is 0 Å². The van der Waals surface area contributed by atoms with Crippen molar-refractivity contribution in [3.63, 3.8) is 0 Å². The lowest BCUT2D eigenvalue weighted by atomic mass is 9.93. The number of nitrogens with one attached hydrogen (secondary N) is 1. The molecular formula is C8H15NO2. The van der Waals surface area contributed by atoms with Crippen molar-refractivity contribution in [1.29, 1.82) is 0 Å². The SMILES string of the molecule is CC(C)C(=O)C(O)C1CCN1. The Morgan fingerprint density at radius 1 is 1.64 bits per heavy atom. The standard InChI is InChI=1S/C8H15NO2/c1-5(2)7(10)8(11)6-3-4-9-6/h5-6,8-9,11H,3-4H2,1-2H3. The van der Waals surface area contributed by atoms with Crippen LogP contribution in [-0.2, 0) is 4.79 Å². The molecule has 3 heteroatoms. The van der Waals surface area contributed by atoms with Gasteiger partial charge in [0.1, 0.15) is 6.10 Å². The maximum Gasteiger partial charge on any atom is 0.165 e. The van der Waals surface area contributed by atoms with Crippen LogP contribution < -0.4 is 5.32 Å². The lowest BCUT2D eigenvalue weighted by Crippen LogP contribution is -2.54. The van der Waals surface area contributed by atoms with Gasteiger partial charge in [0.05, 0.1) is 0 Å². The van der Waals surface area contributed by atoms with Gasteiger partial charge in [-0.1, -0.05) is 13.8 Å². The van der Waals surface area contributed by atoms with Gasteiger partial charge in [-0.2, -0.15) is 0 Å². The van der Waals surface area contributed by atoms with E-state index in [2.05, 4.69) is 5.32 Å². The second kappa shape index (κ2) is 3.32. The summed E-state index contributed by atoms with van der Waals surface area (Å²) in [4.78, 5) is 11.2. The van der Waals surface area contributed by atoms with Gasteiger partial charge < -0.3 is 10.4 Å². The Hall–Kier alpha value is -0.410. The van der Waals surface area contributed by atoms with Gasteiger partial charge in [0.2, 0.25) is 0 Å². The fraction of sp³-hybridized carbons (Fsp3) is 0.875. The summed E-state index contributed by atoms with van der Waals surface area (Å²) in [5, 5.41) is 12.4. The molecule has 2 atom stereocenters. The largest absolute Gasteiger partial charge is 0.384 e. The second-order valence-electron chi connectivity index (χ2n) is 3.35. The summed E-state index contributed by atoms with van der Waals surface area (Å²) >= 11 is 0. The minimum Gasteiger partial charge on any atom is -0.384 e. The first-order valence-corrected chi connectivity index (χ1v) is 4.08. The minimum absolute atomic E-state index is 0.0184. The van der Waals surface area contributed by atoms with Crippen LogP contribution >= 0.6 is 0 Å². The molecule has 1 aliphatic heterocycles. The molecule has 0 saturated carbocycles. The normalized spacial score (nSPS) is 26.4. The highest BCUT2D eigenvalue weighted by molar-refractivity contribution is 5.85. The van der Waals surface area contributed by atoms with E-state index in [0.29, 0.717) is 0 Å². The molecular weight excluding hydrogens is 142 g/mol. The quantitative estimate of drug-likeness (QED) is 0.603. The zero-order valence-corrected chi connectivity index (χ0v) is 7.00. The summed E-state index contributed by atoms with van der Waals surface area (Å²) in [6.45, 7) is 4.54. The molecule has 2 unspecified atom stereocenters. The maximum absolute atomic E-state index is 11.2. The van der Waals surface area contributed by atoms with E-state index < -0.39 is 6.10 Å². The molecule has 0 bridgehead atoms. The van der Waals surface area contributed by atoms with Crippen molar-refractivity contribution in [3.05, 3.63) is 0 Å². The average Bonchev–Trinajstić information content (AvgIpc) is 1.82. The Bertz CT molecular complexity index is 152. The van der Waals surface area contributed by atoms with Gasteiger partial charge in [-0.25, -0.2) is 0 Å². The predicted molar refractivity (Wildman–Crippen MR) is 42.3 cm³/mol. The highest BCUT2D eigenvalue weighted by Gasteiger charge is 2.31. The van der Waals surface area contributed by atoms with E-state index in [4.69, 9.17) is 0 Å². The number of hydrogen-bond donors (Lipinski definition) is 2. The first-order chi connectivity index (χ1) is 5.13. The molecule has 0 aromatic heterocycles. The summed E-state index contributed by atoms with van der Waals surface area (Å²) in [6.07, 6.45) is 0.128. The van der Waals surface area contributed by atoms with Gasteiger partial charge in [-0.15, -0.1) is 0 Å². The number of carbonyl (C=O) groups excluding carboxylic acids is 1. The van der Waals surface area contributed by atoms with Crippen LogP contribution in [-0.4, -0.2) is 29.6 Å². The molecule has 0 spiro atoms. The van der Waals surface area contributed by atoms with Crippen LogP contribution in [0.15, 0.2) is 0 Å². The van der Waals surface area contributed by atoms with Crippen LogP contribution in [0, 0.1) is 5.92 Å². The van der Waals surface area contributed by atoms with Gasteiger partial charge in [0.25, 0.3) is 0 Å². The topological polar surface area (TPSA) is 49.3 Å². The second-order valence-corrected chi connectivity index (χ2v) is 3.35. The monoisotopic (exact) mass is 157 g/mol. The molecule has 1 fully saturated rings. The van der Waals surface area contributed by atoms with Crippen molar-refractivity contribution in [2.45, 2.75) is 32.4 Å². The van der Waals surface area contributed by atoms with Crippen molar-refractivity contribution in [2.75, 3.05) is 6.54 Å². The third kappa shape index (κ3) is 1.79. The molecule has 0 radical (unpaired) electrons. The zero-order valence-electron chi connectivity index (χ0n) is 7.00. The summed E-state index contributed by atoms with van der Waals surface area (Å²) in [7, 11) is 0. The summed E-state index contributed by atoms with van der Waals surface area (Å²) in [6, 6.07) is 0.0184. The number of hydrogen-bond acceptors (Lipinski definition) is 3. The molecule has 3 nitrogen and oxygen atoms in total. The Labute approximate surface area is 66.8 Å². The van der Waals surface area contributed by atoms with Crippen LogP contribution in [0.4, 0.5) is 0 Å². The Morgan fingerprint density at radius 3 is 2.45 bits per heavy atom. The Morgan fingerprint density at radius 2 is 2.18 bits per heavy atom. The maximum atomic E-state index is 11.2. The first kappa shape index (κ1) is 8.68. The lowest BCUT2D eigenvalue weighted by Gasteiger charge is -2.31. The van der Waals surface area contributed by atoms with Crippen molar-refractivity contribution in [3.8, 4) is 0 Å². The number of Topliss-reactive ketones (excluding diaryl/α,β-unsaturated/α-hetero) is 1. The molecule has 0 aromatic carbocycles. The number of ketones is 1. The van der Waals surface area contributed by atoms with Crippen LogP contribution in [0.2, 0.25) is 0 Å². The molecule has 0 aliphatic carbocycles. The summed E-state index contributed by atoms with van der Waals surface area (Å²) < 4.78 is 0. The smallest absolute Gasteiger partial charge is 0.165 e. The third-order valence-corrected chi connectivity index (χ3v) is 2.10. The number of rotatable bonds is 3. The van der Waals surface area contributed by atoms with E-state index in [0.717, 1.165) is 13.0 Å². The van der Waals surface area contributed by atoms with Gasteiger partial charge in [-0.3, -0.25) is 4.79 Å². The average molecular weight is 157 g/mol. The fourth-order valence-electron chi connectivity index (χ4n) is 1.12. The fourth-order valence-corrected chi connectivity index (χ4v) is 1.12. The van der Waals surface area contributed by atoms with Crippen molar-refractivity contribution >= 4 is 5.78 Å². The molecule has 0 aromatic rings. The zero-order chi connectivity index (χ0) is 8.43. The number of aliphatic hydroxyl groups excluding tert-OH is 1. The van der Waals surface area contributed by atoms with Crippen molar-refractivity contribution < 1.29 is 9.90 Å². The van der Waals surface area contributed by atoms with Crippen molar-refractivity contribution in [2.24, 2.45) is 5.92 Å². The van der Waals surface area contributed by atoms with E-state index in [-0.39, 0.29) is 17.7 Å². The van der Waals surface area contributed by atoms with Crippen LogP contribution in [0.25, 0.3) is 0 Å². The molecule has 2 N–H and O–H groups in total. The Kier molecular flexibility index (Phi) is 2.62. The predicted octanol–water partition coefficient (Wildman–Crippen LogP) is -0.0657. The van der Waals surface area contributed by atoms with Gasteiger partial charge >= 0.3 is 0 Å². The summed E-state index contributed by atoms with van der Waals surface area (Å²) in [5.41, 5.74) is 0. The van der Waals surface area contributed by atoms with E-state index in [1.807, 2.05) is 13.8 Å². The third-order valence-electron chi connectivity index (χ3n) is 2.10. The number of carbonyl (C=O) groups is 1. The molecule has 11 heavy (non-hydrogen) atoms. The Balaban J connectivity index is 2.39. The highest BCUT2D eigenvalue weighted by atomic mass is 16.3. The molecule has 64 valence electrons. The van der Waals surface area contributed by atoms with Crippen LogP contribution in [0.5, 0.6) is 0 Å². The molecule has 1 aliphatic rings. The van der Waals surface area contributed by atoms with Gasteiger partial charge in [0.15, 0.2) is 5.78 Å². The van der Waals surface area contributed by atoms with Crippen LogP contribution in [0.3, 0.4) is 0 Å². The van der Waals surface area contributed by atoms with Gasteiger partial charge in [-0.05, 0) is 13.0 Å². The molecule has 0 amide bonds.